The maximum atomic E-state index is 11.7. The van der Waals surface area contributed by atoms with Gasteiger partial charge in [-0.2, -0.15) is 10.2 Å². The summed E-state index contributed by atoms with van der Waals surface area (Å²) >= 11 is 0. The molecular formula is C13H14N4O4S. The molecule has 22 heavy (non-hydrogen) atoms. The topological polar surface area (TPSA) is 107 Å². The largest absolute Gasteiger partial charge is 0.377 e. The van der Waals surface area contributed by atoms with Crippen molar-refractivity contribution in [2.75, 3.05) is 26.6 Å². The van der Waals surface area contributed by atoms with Crippen LogP contribution in [0.5, 0.6) is 0 Å². The number of hydrogen-bond acceptors (Lipinski definition) is 7. The first kappa shape index (κ1) is 14.9. The van der Waals surface area contributed by atoms with Gasteiger partial charge in [-0.1, -0.05) is 0 Å². The maximum absolute atomic E-state index is 11.7. The molecule has 0 aliphatic carbocycles. The quantitative estimate of drug-likeness (QED) is 0.747. The highest BCUT2D eigenvalue weighted by molar-refractivity contribution is 7.90. The highest BCUT2D eigenvalue weighted by atomic mass is 32.2. The second kappa shape index (κ2) is 5.31. The number of ether oxygens (including phenoxy) is 2. The third kappa shape index (κ3) is 2.35. The molecule has 0 saturated carbocycles. The monoisotopic (exact) mass is 322 g/mol. The van der Waals surface area contributed by atoms with Crippen molar-refractivity contribution in [3.8, 4) is 6.07 Å². The van der Waals surface area contributed by atoms with Crippen molar-refractivity contribution in [1.29, 1.82) is 5.26 Å². The lowest BCUT2D eigenvalue weighted by Gasteiger charge is -2.19. The molecule has 0 bridgehead atoms. The molecule has 1 aliphatic heterocycles. The minimum Gasteiger partial charge on any atom is -0.377 e. The van der Waals surface area contributed by atoms with E-state index in [4.69, 9.17) is 9.47 Å². The van der Waals surface area contributed by atoms with Crippen LogP contribution in [0.4, 0.5) is 0 Å². The second-order valence-corrected chi connectivity index (χ2v) is 7.00. The summed E-state index contributed by atoms with van der Waals surface area (Å²) < 4.78 is 35.8. The third-order valence-corrected chi connectivity index (χ3v) is 4.49. The van der Waals surface area contributed by atoms with Crippen LogP contribution in [0.2, 0.25) is 0 Å². The van der Waals surface area contributed by atoms with E-state index >= 15 is 0 Å². The highest BCUT2D eigenvalue weighted by Crippen LogP contribution is 2.29. The molecule has 1 aliphatic rings. The van der Waals surface area contributed by atoms with Gasteiger partial charge in [-0.3, -0.25) is 0 Å². The van der Waals surface area contributed by atoms with Gasteiger partial charge in [-0.25, -0.2) is 13.4 Å². The minimum absolute atomic E-state index is 0.223. The number of nitrogens with zero attached hydrogens (tertiary/aromatic N) is 4. The average Bonchev–Trinajstić information content (AvgIpc) is 3.08. The molecule has 0 amide bonds. The van der Waals surface area contributed by atoms with Crippen molar-refractivity contribution < 1.29 is 17.9 Å². The summed E-state index contributed by atoms with van der Waals surface area (Å²) in [5.74, 6) is 0. The molecule has 3 heterocycles. The van der Waals surface area contributed by atoms with Crippen molar-refractivity contribution in [3.63, 3.8) is 0 Å². The van der Waals surface area contributed by atoms with Crippen molar-refractivity contribution in [2.45, 2.75) is 17.3 Å². The Morgan fingerprint density at radius 3 is 2.91 bits per heavy atom. The molecule has 0 spiro atoms. The van der Waals surface area contributed by atoms with E-state index in [1.165, 1.54) is 6.20 Å². The van der Waals surface area contributed by atoms with Gasteiger partial charge in [0.1, 0.15) is 23.5 Å². The Labute approximate surface area is 127 Å². The van der Waals surface area contributed by atoms with Crippen LogP contribution in [-0.4, -0.2) is 55.6 Å². The van der Waals surface area contributed by atoms with E-state index in [0.29, 0.717) is 29.9 Å². The molecular weight excluding hydrogens is 308 g/mol. The summed E-state index contributed by atoms with van der Waals surface area (Å²) in [6.07, 6.45) is 2.23. The molecule has 0 N–H and O–H groups in total. The first-order chi connectivity index (χ1) is 10.5. The Kier molecular flexibility index (Phi) is 3.60. The molecule has 2 aromatic rings. The van der Waals surface area contributed by atoms with Crippen molar-refractivity contribution in [1.82, 2.24) is 14.5 Å². The molecule has 1 saturated heterocycles. The Hall–Kier alpha value is -2.02. The van der Waals surface area contributed by atoms with Crippen LogP contribution in [0.1, 0.15) is 11.7 Å². The van der Waals surface area contributed by atoms with Gasteiger partial charge < -0.3 is 14.0 Å². The first-order valence-corrected chi connectivity index (χ1v) is 8.43. The summed E-state index contributed by atoms with van der Waals surface area (Å²) in [4.78, 5) is 7.98. The Balaban J connectivity index is 2.25. The van der Waals surface area contributed by atoms with Crippen LogP contribution in [-0.2, 0) is 19.3 Å². The van der Waals surface area contributed by atoms with E-state index in [2.05, 4.69) is 16.0 Å². The molecule has 0 aromatic carbocycles. The van der Waals surface area contributed by atoms with Crippen molar-refractivity contribution in [2.24, 2.45) is 0 Å². The number of methoxy groups -OCH3 is 1. The maximum Gasteiger partial charge on any atom is 0.248 e. The zero-order chi connectivity index (χ0) is 15.9. The van der Waals surface area contributed by atoms with Gasteiger partial charge in [-0.05, 0) is 6.07 Å². The summed E-state index contributed by atoms with van der Waals surface area (Å²) in [6.45, 7) is 0.783. The smallest absolute Gasteiger partial charge is 0.248 e. The van der Waals surface area contributed by atoms with E-state index in [1.54, 1.807) is 17.7 Å². The Bertz CT molecular complexity index is 868. The molecule has 0 radical (unpaired) electrons. The lowest BCUT2D eigenvalue weighted by Crippen LogP contribution is -2.25. The molecule has 2 atom stereocenters. The molecule has 1 fully saturated rings. The zero-order valence-corrected chi connectivity index (χ0v) is 12.9. The van der Waals surface area contributed by atoms with Gasteiger partial charge in [-0.15, -0.1) is 0 Å². The van der Waals surface area contributed by atoms with Gasteiger partial charge in [0.25, 0.3) is 0 Å². The number of hydrogen-bond donors (Lipinski definition) is 0. The fourth-order valence-corrected chi connectivity index (χ4v) is 3.08. The molecule has 8 nitrogen and oxygen atoms in total. The van der Waals surface area contributed by atoms with Crippen molar-refractivity contribution in [3.05, 3.63) is 18.0 Å². The molecule has 116 valence electrons. The number of fused-ring (bicyclic) bond motifs is 1. The van der Waals surface area contributed by atoms with E-state index in [9.17, 15) is 13.7 Å². The average molecular weight is 322 g/mol. The predicted octanol–water partition coefficient (Wildman–Crippen LogP) is 0.293. The van der Waals surface area contributed by atoms with Crippen LogP contribution >= 0.6 is 0 Å². The lowest BCUT2D eigenvalue weighted by molar-refractivity contribution is 0.0690. The van der Waals surface area contributed by atoms with E-state index in [0.717, 1.165) is 6.26 Å². The Morgan fingerprint density at radius 2 is 2.27 bits per heavy atom. The SMILES string of the molecule is CO[C@H]1COC[C@@H]1n1c(C#N)cc2cnc(S(C)(=O)=O)nc21. The van der Waals surface area contributed by atoms with Crippen LogP contribution in [0.15, 0.2) is 17.4 Å². The van der Waals surface area contributed by atoms with Gasteiger partial charge in [0, 0.05) is 24.9 Å². The highest BCUT2D eigenvalue weighted by Gasteiger charge is 2.33. The van der Waals surface area contributed by atoms with E-state index in [1.807, 2.05) is 0 Å². The molecule has 2 aromatic heterocycles. The summed E-state index contributed by atoms with van der Waals surface area (Å²) in [7, 11) is -1.96. The zero-order valence-electron chi connectivity index (χ0n) is 12.1. The summed E-state index contributed by atoms with van der Waals surface area (Å²) in [6, 6.07) is 3.49. The van der Waals surface area contributed by atoms with Gasteiger partial charge in [0.15, 0.2) is 0 Å². The van der Waals surface area contributed by atoms with Gasteiger partial charge >= 0.3 is 0 Å². The first-order valence-electron chi connectivity index (χ1n) is 6.54. The van der Waals surface area contributed by atoms with Crippen LogP contribution < -0.4 is 0 Å². The number of sulfone groups is 1. The second-order valence-electron chi connectivity index (χ2n) is 5.09. The van der Waals surface area contributed by atoms with Crippen molar-refractivity contribution >= 4 is 20.9 Å². The molecule has 3 rings (SSSR count). The van der Waals surface area contributed by atoms with Gasteiger partial charge in [0.2, 0.25) is 15.0 Å². The Morgan fingerprint density at radius 1 is 1.50 bits per heavy atom. The normalized spacial score (nSPS) is 22.0. The molecule has 0 unspecified atom stereocenters. The predicted molar refractivity (Wildman–Crippen MR) is 76.0 cm³/mol. The fourth-order valence-electron chi connectivity index (χ4n) is 2.58. The third-order valence-electron chi connectivity index (χ3n) is 3.63. The number of aromatic nitrogens is 3. The molecule has 9 heteroatoms. The minimum atomic E-state index is -3.53. The fraction of sp³-hybridized carbons (Fsp3) is 0.462. The van der Waals surface area contributed by atoms with E-state index < -0.39 is 9.84 Å². The van der Waals surface area contributed by atoms with Crippen LogP contribution in [0.25, 0.3) is 11.0 Å². The summed E-state index contributed by atoms with van der Waals surface area (Å²) in [5, 5.41) is 9.68. The number of rotatable bonds is 3. The van der Waals surface area contributed by atoms with Gasteiger partial charge in [0.05, 0.1) is 19.3 Å². The van der Waals surface area contributed by atoms with Crippen LogP contribution in [0.3, 0.4) is 0 Å². The lowest BCUT2D eigenvalue weighted by atomic mass is 10.2. The summed E-state index contributed by atoms with van der Waals surface area (Å²) in [5.41, 5.74) is 0.761. The van der Waals surface area contributed by atoms with Crippen LogP contribution in [0, 0.1) is 11.3 Å². The standard InChI is InChI=1S/C13H14N4O4S/c1-20-11-7-21-6-10(11)17-9(4-14)3-8-5-15-13(16-12(8)17)22(2,18)19/h3,5,10-11H,6-7H2,1-2H3/t10-,11-/m0/s1. The van der Waals surface area contributed by atoms with E-state index in [-0.39, 0.29) is 17.3 Å². The number of nitriles is 1.